The Morgan fingerprint density at radius 3 is 2.59 bits per heavy atom. The fraction of sp³-hybridized carbons (Fsp3) is 0.318. The summed E-state index contributed by atoms with van der Waals surface area (Å²) in [7, 11) is 1.32. The van der Waals surface area contributed by atoms with E-state index in [0.717, 1.165) is 11.1 Å². The molecule has 0 saturated heterocycles. The number of aryl methyl sites for hydroxylation is 2. The molecule has 2 aromatic carbocycles. The first-order valence-electron chi connectivity index (χ1n) is 9.49. The number of benzene rings is 2. The van der Waals surface area contributed by atoms with Gasteiger partial charge in [-0.25, -0.2) is 4.79 Å². The summed E-state index contributed by atoms with van der Waals surface area (Å²) in [5.74, 6) is -1.03. The predicted molar refractivity (Wildman–Crippen MR) is 108 cm³/mol. The molecule has 0 aliphatic heterocycles. The molecule has 3 aromatic rings. The Balaban J connectivity index is 1.62. The van der Waals surface area contributed by atoms with Crippen LogP contribution in [0.1, 0.15) is 36.4 Å². The maximum Gasteiger partial charge on any atom is 0.419 e. The van der Waals surface area contributed by atoms with Crippen LogP contribution >= 0.6 is 0 Å². The van der Waals surface area contributed by atoms with Crippen LogP contribution in [0, 0.1) is 6.92 Å². The van der Waals surface area contributed by atoms with Gasteiger partial charge in [0.05, 0.1) is 25.1 Å². The van der Waals surface area contributed by atoms with Crippen LogP contribution in [0.4, 0.5) is 0 Å². The Hall–Kier alpha value is -3.35. The summed E-state index contributed by atoms with van der Waals surface area (Å²) in [6.07, 6.45) is 0.737. The van der Waals surface area contributed by atoms with E-state index in [-0.39, 0.29) is 18.7 Å². The topological polar surface area (TPSA) is 90.5 Å². The van der Waals surface area contributed by atoms with Gasteiger partial charge in [-0.1, -0.05) is 42.0 Å². The highest BCUT2D eigenvalue weighted by Gasteiger charge is 2.19. The zero-order valence-electron chi connectivity index (χ0n) is 16.5. The highest BCUT2D eigenvalue weighted by molar-refractivity contribution is 5.78. The van der Waals surface area contributed by atoms with Crippen LogP contribution in [0.5, 0.6) is 0 Å². The minimum Gasteiger partial charge on any atom is -0.469 e. The number of rotatable bonds is 8. The summed E-state index contributed by atoms with van der Waals surface area (Å²) in [6.45, 7) is 2.34. The molecular formula is C22H24N2O5. The van der Waals surface area contributed by atoms with Crippen molar-refractivity contribution in [3.8, 4) is 0 Å². The number of nitrogens with one attached hydrogen (secondary N) is 1. The third kappa shape index (κ3) is 5.13. The average Bonchev–Trinajstić information content (AvgIpc) is 3.03. The minimum atomic E-state index is -0.465. The molecule has 0 saturated carbocycles. The van der Waals surface area contributed by atoms with Crippen LogP contribution < -0.4 is 11.1 Å². The molecule has 1 N–H and O–H groups in total. The van der Waals surface area contributed by atoms with Gasteiger partial charge in [-0.05, 0) is 31.0 Å². The van der Waals surface area contributed by atoms with E-state index in [0.29, 0.717) is 24.1 Å². The van der Waals surface area contributed by atoms with E-state index >= 15 is 0 Å². The van der Waals surface area contributed by atoms with Crippen molar-refractivity contribution in [1.82, 2.24) is 9.88 Å². The Kier molecular flexibility index (Phi) is 6.49. The lowest BCUT2D eigenvalue weighted by molar-refractivity contribution is -0.141. The fourth-order valence-electron chi connectivity index (χ4n) is 3.19. The number of oxazole rings is 1. The van der Waals surface area contributed by atoms with Gasteiger partial charge in [0, 0.05) is 13.0 Å². The highest BCUT2D eigenvalue weighted by atomic mass is 16.5. The van der Waals surface area contributed by atoms with E-state index in [2.05, 4.69) is 5.32 Å². The molecule has 0 spiro atoms. The first-order chi connectivity index (χ1) is 14.0. The van der Waals surface area contributed by atoms with E-state index < -0.39 is 17.8 Å². The zero-order valence-corrected chi connectivity index (χ0v) is 16.5. The second-order valence-electron chi connectivity index (χ2n) is 6.90. The van der Waals surface area contributed by atoms with Crippen LogP contribution in [-0.4, -0.2) is 23.6 Å². The van der Waals surface area contributed by atoms with Crippen molar-refractivity contribution < 1.29 is 18.7 Å². The van der Waals surface area contributed by atoms with Gasteiger partial charge >= 0.3 is 11.7 Å². The number of hydrogen-bond donors (Lipinski definition) is 1. The number of carbonyl (C=O) groups excluding carboxylic acids is 2. The van der Waals surface area contributed by atoms with E-state index in [4.69, 9.17) is 9.15 Å². The molecule has 0 bridgehead atoms. The van der Waals surface area contributed by atoms with Gasteiger partial charge in [0.2, 0.25) is 5.91 Å². The Morgan fingerprint density at radius 2 is 1.86 bits per heavy atom. The number of esters is 1. The molecule has 1 unspecified atom stereocenters. The van der Waals surface area contributed by atoms with E-state index in [1.807, 2.05) is 43.3 Å². The Morgan fingerprint density at radius 1 is 1.14 bits per heavy atom. The van der Waals surface area contributed by atoms with Gasteiger partial charge in [-0.2, -0.15) is 0 Å². The van der Waals surface area contributed by atoms with Crippen LogP contribution in [0.3, 0.4) is 0 Å². The van der Waals surface area contributed by atoms with Crippen LogP contribution in [-0.2, 0) is 20.9 Å². The van der Waals surface area contributed by atoms with Crippen molar-refractivity contribution in [3.63, 3.8) is 0 Å². The molecule has 1 atom stereocenters. The smallest absolute Gasteiger partial charge is 0.419 e. The molecule has 3 rings (SSSR count). The number of hydrogen-bond acceptors (Lipinski definition) is 5. The van der Waals surface area contributed by atoms with Crippen molar-refractivity contribution in [3.05, 3.63) is 70.2 Å². The summed E-state index contributed by atoms with van der Waals surface area (Å²) >= 11 is 0. The number of amides is 1. The number of ether oxygens (including phenoxy) is 1. The molecule has 7 nitrogen and oxygen atoms in total. The van der Waals surface area contributed by atoms with Crippen LogP contribution in [0.15, 0.2) is 57.7 Å². The molecule has 1 amide bonds. The van der Waals surface area contributed by atoms with Crippen molar-refractivity contribution >= 4 is 23.0 Å². The number of para-hydroxylation sites is 2. The Bertz CT molecular complexity index is 1050. The number of methoxy groups -OCH3 is 1. The minimum absolute atomic E-state index is 0.0527. The van der Waals surface area contributed by atoms with Gasteiger partial charge in [-0.3, -0.25) is 14.2 Å². The molecule has 0 fully saturated rings. The van der Waals surface area contributed by atoms with Crippen molar-refractivity contribution in [2.45, 2.75) is 38.8 Å². The largest absolute Gasteiger partial charge is 0.469 e. The summed E-state index contributed by atoms with van der Waals surface area (Å²) in [5, 5.41) is 2.90. The first-order valence-corrected chi connectivity index (χ1v) is 9.49. The number of aromatic nitrogens is 1. The summed E-state index contributed by atoms with van der Waals surface area (Å²) in [4.78, 5) is 36.2. The van der Waals surface area contributed by atoms with Crippen molar-refractivity contribution in [2.75, 3.05) is 7.11 Å². The van der Waals surface area contributed by atoms with E-state index in [1.54, 1.807) is 12.1 Å². The lowest BCUT2D eigenvalue weighted by Crippen LogP contribution is -2.30. The number of nitrogens with zero attached hydrogens (tertiary/aromatic N) is 1. The lowest BCUT2D eigenvalue weighted by Gasteiger charge is -2.18. The third-order valence-corrected chi connectivity index (χ3v) is 4.77. The quantitative estimate of drug-likeness (QED) is 0.591. The molecule has 0 aliphatic rings. The molecule has 1 aromatic heterocycles. The number of carbonyl (C=O) groups is 2. The average molecular weight is 396 g/mol. The van der Waals surface area contributed by atoms with Crippen molar-refractivity contribution in [2.24, 2.45) is 0 Å². The van der Waals surface area contributed by atoms with E-state index in [9.17, 15) is 14.4 Å². The maximum absolute atomic E-state index is 12.5. The lowest BCUT2D eigenvalue weighted by atomic mass is 10.0. The molecule has 7 heteroatoms. The molecule has 152 valence electrons. The van der Waals surface area contributed by atoms with Crippen molar-refractivity contribution in [1.29, 1.82) is 0 Å². The van der Waals surface area contributed by atoms with Crippen LogP contribution in [0.2, 0.25) is 0 Å². The Labute approximate surface area is 168 Å². The second-order valence-corrected chi connectivity index (χ2v) is 6.90. The standard InChI is InChI=1S/C22H24N2O5/c1-15-9-11-16(12-10-15)17(14-21(26)28-2)23-20(25)8-5-13-24-18-6-3-4-7-19(18)29-22(24)27/h3-4,6-7,9-12,17H,5,8,13-14H2,1-2H3,(H,23,25). The van der Waals surface area contributed by atoms with Gasteiger partial charge in [-0.15, -0.1) is 0 Å². The molecular weight excluding hydrogens is 372 g/mol. The summed E-state index contributed by atoms with van der Waals surface area (Å²) < 4.78 is 11.5. The van der Waals surface area contributed by atoms with Gasteiger partial charge in [0.25, 0.3) is 0 Å². The highest BCUT2D eigenvalue weighted by Crippen LogP contribution is 2.19. The van der Waals surface area contributed by atoms with Gasteiger partial charge in [0.1, 0.15) is 0 Å². The summed E-state index contributed by atoms with van der Waals surface area (Å²) in [6, 6.07) is 14.4. The predicted octanol–water partition coefficient (Wildman–Crippen LogP) is 3.10. The molecule has 0 aliphatic carbocycles. The number of fused-ring (bicyclic) bond motifs is 1. The first kappa shape index (κ1) is 20.4. The molecule has 0 radical (unpaired) electrons. The van der Waals surface area contributed by atoms with Gasteiger partial charge in [0.15, 0.2) is 5.58 Å². The molecule has 29 heavy (non-hydrogen) atoms. The van der Waals surface area contributed by atoms with E-state index in [1.165, 1.54) is 11.7 Å². The van der Waals surface area contributed by atoms with Gasteiger partial charge < -0.3 is 14.5 Å². The maximum atomic E-state index is 12.5. The van der Waals surface area contributed by atoms with Crippen LogP contribution in [0.25, 0.3) is 11.1 Å². The molecule has 1 heterocycles. The zero-order chi connectivity index (χ0) is 20.8. The monoisotopic (exact) mass is 396 g/mol. The second kappa shape index (κ2) is 9.23. The fourth-order valence-corrected chi connectivity index (χ4v) is 3.19. The SMILES string of the molecule is COC(=O)CC(NC(=O)CCCn1c(=O)oc2ccccc21)c1ccc(C)cc1. The summed E-state index contributed by atoms with van der Waals surface area (Å²) in [5.41, 5.74) is 3.17. The normalized spacial score (nSPS) is 11.9. The third-order valence-electron chi connectivity index (χ3n) is 4.77.